The summed E-state index contributed by atoms with van der Waals surface area (Å²) < 4.78 is 10.7. The number of anilines is 1. The van der Waals surface area contributed by atoms with E-state index in [4.69, 9.17) is 8.94 Å². The fourth-order valence-electron chi connectivity index (χ4n) is 3.23. The van der Waals surface area contributed by atoms with Gasteiger partial charge in [0.25, 0.3) is 0 Å². The lowest BCUT2D eigenvalue weighted by atomic mass is 10.1. The van der Waals surface area contributed by atoms with Crippen molar-refractivity contribution >= 4 is 5.69 Å². The van der Waals surface area contributed by atoms with Crippen LogP contribution in [0.25, 0.3) is 11.6 Å². The first-order valence-corrected chi connectivity index (χ1v) is 8.66. The first-order valence-electron chi connectivity index (χ1n) is 8.66. The molecule has 1 saturated heterocycles. The quantitative estimate of drug-likeness (QED) is 0.716. The van der Waals surface area contributed by atoms with E-state index in [2.05, 4.69) is 26.0 Å². The Kier molecular flexibility index (Phi) is 4.67. The van der Waals surface area contributed by atoms with Crippen LogP contribution in [0.15, 0.2) is 51.6 Å². The molecule has 4 rings (SSSR count). The van der Waals surface area contributed by atoms with Gasteiger partial charge in [-0.3, -0.25) is 4.90 Å². The lowest BCUT2D eigenvalue weighted by Crippen LogP contribution is -2.31. The first kappa shape index (κ1) is 16.4. The summed E-state index contributed by atoms with van der Waals surface area (Å²) in [5.41, 5.74) is 1.73. The third-order valence-corrected chi connectivity index (χ3v) is 4.52. The molecule has 7 nitrogen and oxygen atoms in total. The number of nitrogens with zero attached hydrogens (tertiary/aromatic N) is 5. The van der Waals surface area contributed by atoms with Crippen LogP contribution in [0, 0.1) is 11.3 Å². The highest BCUT2D eigenvalue weighted by molar-refractivity contribution is 5.59. The minimum atomic E-state index is 0.476. The second-order valence-corrected chi connectivity index (χ2v) is 6.23. The van der Waals surface area contributed by atoms with Crippen molar-refractivity contribution in [3.05, 3.63) is 54.1 Å². The van der Waals surface area contributed by atoms with Crippen molar-refractivity contribution in [3.8, 4) is 17.7 Å². The average Bonchev–Trinajstić information content (AvgIpc) is 3.31. The Morgan fingerprint density at radius 3 is 2.85 bits per heavy atom. The van der Waals surface area contributed by atoms with E-state index in [1.807, 2.05) is 30.3 Å². The minimum Gasteiger partial charge on any atom is -0.461 e. The molecule has 0 amide bonds. The predicted octanol–water partition coefficient (Wildman–Crippen LogP) is 2.91. The zero-order valence-corrected chi connectivity index (χ0v) is 14.3. The van der Waals surface area contributed by atoms with Gasteiger partial charge in [0.2, 0.25) is 11.7 Å². The Morgan fingerprint density at radius 2 is 2.00 bits per heavy atom. The highest BCUT2D eigenvalue weighted by atomic mass is 16.5. The van der Waals surface area contributed by atoms with Crippen LogP contribution in [0.4, 0.5) is 5.69 Å². The van der Waals surface area contributed by atoms with Gasteiger partial charge in [-0.05, 0) is 30.7 Å². The zero-order valence-electron chi connectivity index (χ0n) is 14.3. The fourth-order valence-corrected chi connectivity index (χ4v) is 3.23. The average molecular weight is 349 g/mol. The number of hydrogen-bond acceptors (Lipinski definition) is 7. The predicted molar refractivity (Wildman–Crippen MR) is 95.3 cm³/mol. The lowest BCUT2D eigenvalue weighted by Gasteiger charge is -2.24. The monoisotopic (exact) mass is 349 g/mol. The van der Waals surface area contributed by atoms with Crippen molar-refractivity contribution in [2.24, 2.45) is 0 Å². The van der Waals surface area contributed by atoms with Crippen molar-refractivity contribution in [2.75, 3.05) is 31.1 Å². The molecule has 7 heteroatoms. The number of furan rings is 1. The Labute approximate surface area is 151 Å². The summed E-state index contributed by atoms with van der Waals surface area (Å²) in [6.45, 7) is 4.22. The van der Waals surface area contributed by atoms with E-state index in [-0.39, 0.29) is 0 Å². The Bertz CT molecular complexity index is 897. The van der Waals surface area contributed by atoms with Gasteiger partial charge in [0, 0.05) is 26.2 Å². The molecule has 2 aromatic heterocycles. The maximum atomic E-state index is 9.32. The molecule has 1 aromatic carbocycles. The molecule has 0 aliphatic carbocycles. The Balaban J connectivity index is 1.41. The van der Waals surface area contributed by atoms with Gasteiger partial charge in [-0.15, -0.1) is 0 Å². The third-order valence-electron chi connectivity index (χ3n) is 4.52. The van der Waals surface area contributed by atoms with Crippen molar-refractivity contribution in [2.45, 2.75) is 13.0 Å². The largest absolute Gasteiger partial charge is 0.461 e. The zero-order chi connectivity index (χ0) is 17.8. The molecule has 0 unspecified atom stereocenters. The van der Waals surface area contributed by atoms with Gasteiger partial charge in [0.05, 0.1) is 24.1 Å². The van der Waals surface area contributed by atoms with Crippen molar-refractivity contribution in [1.82, 2.24) is 15.0 Å². The summed E-state index contributed by atoms with van der Waals surface area (Å²) in [6, 6.07) is 13.7. The molecule has 26 heavy (non-hydrogen) atoms. The summed E-state index contributed by atoms with van der Waals surface area (Å²) in [4.78, 5) is 8.99. The van der Waals surface area contributed by atoms with E-state index in [9.17, 15) is 5.26 Å². The second-order valence-electron chi connectivity index (χ2n) is 6.23. The van der Waals surface area contributed by atoms with Crippen LogP contribution in [0.5, 0.6) is 0 Å². The molecule has 0 saturated carbocycles. The number of hydrogen-bond donors (Lipinski definition) is 0. The molecular weight excluding hydrogens is 330 g/mol. The molecule has 1 fully saturated rings. The molecule has 1 aliphatic heterocycles. The highest BCUT2D eigenvalue weighted by Crippen LogP contribution is 2.22. The number of benzene rings is 1. The summed E-state index contributed by atoms with van der Waals surface area (Å²) >= 11 is 0. The van der Waals surface area contributed by atoms with Crippen LogP contribution in [0.1, 0.15) is 17.9 Å². The first-order chi connectivity index (χ1) is 12.8. The summed E-state index contributed by atoms with van der Waals surface area (Å²) in [5.74, 6) is 1.67. The van der Waals surface area contributed by atoms with Gasteiger partial charge in [-0.25, -0.2) is 0 Å². The smallest absolute Gasteiger partial charge is 0.241 e. The van der Waals surface area contributed by atoms with Crippen molar-refractivity contribution in [3.63, 3.8) is 0 Å². The highest BCUT2D eigenvalue weighted by Gasteiger charge is 2.19. The van der Waals surface area contributed by atoms with E-state index < -0.39 is 0 Å². The van der Waals surface area contributed by atoms with Crippen LogP contribution in [-0.2, 0) is 6.54 Å². The minimum absolute atomic E-state index is 0.476. The Morgan fingerprint density at radius 1 is 1.08 bits per heavy atom. The van der Waals surface area contributed by atoms with Crippen LogP contribution >= 0.6 is 0 Å². The van der Waals surface area contributed by atoms with Crippen LogP contribution in [0.3, 0.4) is 0 Å². The summed E-state index contributed by atoms with van der Waals surface area (Å²) in [6.07, 6.45) is 2.60. The molecule has 0 spiro atoms. The second kappa shape index (κ2) is 7.42. The molecule has 3 heterocycles. The van der Waals surface area contributed by atoms with E-state index in [0.717, 1.165) is 43.9 Å². The van der Waals surface area contributed by atoms with E-state index in [0.29, 0.717) is 24.0 Å². The van der Waals surface area contributed by atoms with Crippen LogP contribution < -0.4 is 4.90 Å². The molecule has 0 bridgehead atoms. The van der Waals surface area contributed by atoms with Crippen LogP contribution in [0.2, 0.25) is 0 Å². The van der Waals surface area contributed by atoms with Crippen molar-refractivity contribution in [1.29, 1.82) is 5.26 Å². The molecule has 0 atom stereocenters. The molecular formula is C19H19N5O2. The lowest BCUT2D eigenvalue weighted by molar-refractivity contribution is 0.239. The normalized spacial score (nSPS) is 15.6. The molecule has 132 valence electrons. The van der Waals surface area contributed by atoms with E-state index in [1.165, 1.54) is 0 Å². The van der Waals surface area contributed by atoms with Gasteiger partial charge in [0.15, 0.2) is 5.76 Å². The topological polar surface area (TPSA) is 82.3 Å². The Hall–Kier alpha value is -3.11. The number of aromatic nitrogens is 2. The van der Waals surface area contributed by atoms with E-state index >= 15 is 0 Å². The fraction of sp³-hybridized carbons (Fsp3) is 0.316. The van der Waals surface area contributed by atoms with Gasteiger partial charge in [0.1, 0.15) is 6.07 Å². The summed E-state index contributed by atoms with van der Waals surface area (Å²) in [5, 5.41) is 13.3. The van der Waals surface area contributed by atoms with Gasteiger partial charge >= 0.3 is 0 Å². The van der Waals surface area contributed by atoms with E-state index in [1.54, 1.807) is 12.3 Å². The molecule has 3 aromatic rings. The van der Waals surface area contributed by atoms with Gasteiger partial charge in [-0.2, -0.15) is 10.2 Å². The van der Waals surface area contributed by atoms with Crippen LogP contribution in [-0.4, -0.2) is 41.2 Å². The number of para-hydroxylation sites is 1. The standard InChI is InChI=1S/C19H19N5O2/c20-13-15-5-1-2-6-16(15)24-9-4-8-23(10-11-24)14-18-21-19(22-26-18)17-7-3-12-25-17/h1-3,5-7,12H,4,8-11,14H2. The van der Waals surface area contributed by atoms with Gasteiger partial charge < -0.3 is 13.8 Å². The number of rotatable bonds is 4. The maximum absolute atomic E-state index is 9.32. The maximum Gasteiger partial charge on any atom is 0.241 e. The molecule has 1 aliphatic rings. The third kappa shape index (κ3) is 3.46. The molecule has 0 N–H and O–H groups in total. The SMILES string of the molecule is N#Cc1ccccc1N1CCCN(Cc2nc(-c3ccco3)no2)CC1. The molecule has 0 radical (unpaired) electrons. The number of nitriles is 1. The van der Waals surface area contributed by atoms with Gasteiger partial charge in [-0.1, -0.05) is 17.3 Å². The summed E-state index contributed by atoms with van der Waals surface area (Å²) in [7, 11) is 0. The van der Waals surface area contributed by atoms with Crippen molar-refractivity contribution < 1.29 is 8.94 Å².